The van der Waals surface area contributed by atoms with Gasteiger partial charge in [-0.3, -0.25) is 0 Å². The summed E-state index contributed by atoms with van der Waals surface area (Å²) in [7, 11) is 0. The van der Waals surface area contributed by atoms with Gasteiger partial charge in [0.2, 0.25) is 0 Å². The van der Waals surface area contributed by atoms with Crippen LogP contribution in [0.4, 0.5) is 24.5 Å². The minimum absolute atomic E-state index is 0.0596. The van der Waals surface area contributed by atoms with Crippen molar-refractivity contribution in [1.29, 1.82) is 0 Å². The summed E-state index contributed by atoms with van der Waals surface area (Å²) in [5.74, 6) is 0. The summed E-state index contributed by atoms with van der Waals surface area (Å²) in [6, 6.07) is 3.22. The van der Waals surface area contributed by atoms with Gasteiger partial charge in [-0.25, -0.2) is 4.98 Å². The summed E-state index contributed by atoms with van der Waals surface area (Å²) in [5.41, 5.74) is 6.14. The van der Waals surface area contributed by atoms with Gasteiger partial charge in [-0.2, -0.15) is 13.2 Å². The summed E-state index contributed by atoms with van der Waals surface area (Å²) in [6.07, 6.45) is -1.24. The van der Waals surface area contributed by atoms with Crippen molar-refractivity contribution < 1.29 is 13.2 Å². The van der Waals surface area contributed by atoms with E-state index in [2.05, 4.69) is 15.3 Å². The van der Waals surface area contributed by atoms with Gasteiger partial charge in [-0.15, -0.1) is 0 Å². The van der Waals surface area contributed by atoms with E-state index in [0.29, 0.717) is 12.2 Å². The van der Waals surface area contributed by atoms with Crippen LogP contribution >= 0.6 is 0 Å². The lowest BCUT2D eigenvalue weighted by molar-refractivity contribution is -0.137. The average Bonchev–Trinajstić information content (AvgIpc) is 2.79. The molecule has 1 aromatic heterocycles. The molecule has 0 unspecified atom stereocenters. The van der Waals surface area contributed by atoms with Crippen LogP contribution in [-0.4, -0.2) is 9.97 Å². The molecule has 2 rings (SSSR count). The van der Waals surface area contributed by atoms with Gasteiger partial charge >= 0.3 is 6.18 Å². The van der Waals surface area contributed by atoms with Crippen LogP contribution in [0.2, 0.25) is 0 Å². The number of imidazole rings is 1. The van der Waals surface area contributed by atoms with Crippen LogP contribution in [0.1, 0.15) is 11.3 Å². The number of hydrogen-bond acceptors (Lipinski definition) is 3. The van der Waals surface area contributed by atoms with E-state index in [4.69, 9.17) is 5.73 Å². The minimum atomic E-state index is -4.38. The Kier molecular flexibility index (Phi) is 3.14. The van der Waals surface area contributed by atoms with Crippen LogP contribution < -0.4 is 11.1 Å². The number of halogens is 3. The predicted octanol–water partition coefficient (Wildman–Crippen LogP) is 2.62. The second kappa shape index (κ2) is 4.59. The van der Waals surface area contributed by atoms with Crippen LogP contribution in [0, 0.1) is 0 Å². The van der Waals surface area contributed by atoms with E-state index in [0.717, 1.165) is 17.8 Å². The Bertz CT molecular complexity index is 520. The number of nitrogens with one attached hydrogen (secondary N) is 2. The molecule has 0 aliphatic rings. The van der Waals surface area contributed by atoms with Crippen molar-refractivity contribution in [3.8, 4) is 0 Å². The van der Waals surface area contributed by atoms with Crippen LogP contribution in [0.5, 0.6) is 0 Å². The summed E-state index contributed by atoms with van der Waals surface area (Å²) < 4.78 is 37.3. The van der Waals surface area contributed by atoms with Gasteiger partial charge in [0.15, 0.2) is 0 Å². The number of nitrogen functional groups attached to an aromatic ring is 1. The fraction of sp³-hybridized carbons (Fsp3) is 0.182. The Morgan fingerprint density at radius 3 is 2.67 bits per heavy atom. The molecule has 0 saturated heterocycles. The second-order valence-electron chi connectivity index (χ2n) is 3.73. The van der Waals surface area contributed by atoms with Crippen molar-refractivity contribution in [3.05, 3.63) is 42.0 Å². The van der Waals surface area contributed by atoms with Gasteiger partial charge in [0.05, 0.1) is 35.5 Å². The lowest BCUT2D eigenvalue weighted by Gasteiger charge is -2.12. The molecular formula is C11H11F3N4. The van der Waals surface area contributed by atoms with Crippen LogP contribution in [0.25, 0.3) is 0 Å². The lowest BCUT2D eigenvalue weighted by Crippen LogP contribution is -2.08. The van der Waals surface area contributed by atoms with Gasteiger partial charge in [0, 0.05) is 6.20 Å². The maximum Gasteiger partial charge on any atom is 0.416 e. The molecule has 0 aliphatic carbocycles. The standard InChI is InChI=1S/C11H11F3N4/c12-11(13,14)7-1-2-10(9(15)3-7)17-5-8-4-16-6-18-8/h1-4,6,17H,5,15H2,(H,16,18). The van der Waals surface area contributed by atoms with E-state index in [-0.39, 0.29) is 5.69 Å². The number of rotatable bonds is 3. The predicted molar refractivity (Wildman–Crippen MR) is 61.8 cm³/mol. The van der Waals surface area contributed by atoms with Crippen molar-refractivity contribution in [2.24, 2.45) is 0 Å². The highest BCUT2D eigenvalue weighted by Crippen LogP contribution is 2.32. The van der Waals surface area contributed by atoms with Gasteiger partial charge in [0.1, 0.15) is 0 Å². The Balaban J connectivity index is 2.10. The van der Waals surface area contributed by atoms with E-state index in [1.54, 1.807) is 6.20 Å². The third kappa shape index (κ3) is 2.73. The topological polar surface area (TPSA) is 66.7 Å². The first-order valence-corrected chi connectivity index (χ1v) is 5.14. The molecule has 0 radical (unpaired) electrons. The first-order chi connectivity index (χ1) is 8.47. The van der Waals surface area contributed by atoms with E-state index in [1.807, 2.05) is 0 Å². The Morgan fingerprint density at radius 1 is 1.33 bits per heavy atom. The average molecular weight is 256 g/mol. The fourth-order valence-electron chi connectivity index (χ4n) is 1.47. The van der Waals surface area contributed by atoms with Crippen LogP contribution in [0.3, 0.4) is 0 Å². The van der Waals surface area contributed by atoms with Crippen molar-refractivity contribution in [2.45, 2.75) is 12.7 Å². The Labute approximate surface area is 101 Å². The number of anilines is 2. The molecule has 4 nitrogen and oxygen atoms in total. The highest BCUT2D eigenvalue weighted by atomic mass is 19.4. The first-order valence-electron chi connectivity index (χ1n) is 5.14. The van der Waals surface area contributed by atoms with Crippen LogP contribution in [0.15, 0.2) is 30.7 Å². The van der Waals surface area contributed by atoms with E-state index in [1.165, 1.54) is 12.4 Å². The molecular weight excluding hydrogens is 245 g/mol. The normalized spacial score (nSPS) is 11.5. The highest BCUT2D eigenvalue weighted by Gasteiger charge is 2.30. The molecule has 0 atom stereocenters. The SMILES string of the molecule is Nc1cc(C(F)(F)F)ccc1NCc1cnc[nH]1. The second-order valence-corrected chi connectivity index (χ2v) is 3.73. The number of hydrogen-bond donors (Lipinski definition) is 3. The summed E-state index contributed by atoms with van der Waals surface area (Å²) in [4.78, 5) is 6.70. The third-order valence-corrected chi connectivity index (χ3v) is 2.40. The quantitative estimate of drug-likeness (QED) is 0.739. The zero-order valence-electron chi connectivity index (χ0n) is 9.25. The number of aromatic nitrogens is 2. The van der Waals surface area contributed by atoms with Gasteiger partial charge in [-0.05, 0) is 18.2 Å². The number of alkyl halides is 3. The molecule has 0 bridgehead atoms. The molecule has 0 amide bonds. The van der Waals surface area contributed by atoms with Crippen molar-refractivity contribution in [3.63, 3.8) is 0 Å². The first kappa shape index (κ1) is 12.3. The lowest BCUT2D eigenvalue weighted by atomic mass is 10.1. The molecule has 0 spiro atoms. The van der Waals surface area contributed by atoms with Gasteiger partial charge < -0.3 is 16.0 Å². The summed E-state index contributed by atoms with van der Waals surface area (Å²) in [5, 5.41) is 2.93. The molecule has 1 aromatic carbocycles. The zero-order valence-corrected chi connectivity index (χ0v) is 9.25. The molecule has 7 heteroatoms. The smallest absolute Gasteiger partial charge is 0.397 e. The molecule has 1 heterocycles. The monoisotopic (exact) mass is 256 g/mol. The summed E-state index contributed by atoms with van der Waals surface area (Å²) >= 11 is 0. The van der Waals surface area contributed by atoms with Crippen molar-refractivity contribution in [1.82, 2.24) is 9.97 Å². The van der Waals surface area contributed by atoms with E-state index >= 15 is 0 Å². The maximum atomic E-state index is 12.4. The number of benzene rings is 1. The Morgan fingerprint density at radius 2 is 2.11 bits per heavy atom. The third-order valence-electron chi connectivity index (χ3n) is 2.40. The number of nitrogens with zero attached hydrogens (tertiary/aromatic N) is 1. The Hall–Kier alpha value is -2.18. The number of aromatic amines is 1. The largest absolute Gasteiger partial charge is 0.416 e. The number of H-pyrrole nitrogens is 1. The molecule has 0 fully saturated rings. The van der Waals surface area contributed by atoms with Crippen LogP contribution in [-0.2, 0) is 12.7 Å². The highest BCUT2D eigenvalue weighted by molar-refractivity contribution is 5.67. The molecule has 0 saturated carbocycles. The maximum absolute atomic E-state index is 12.4. The van der Waals surface area contributed by atoms with E-state index < -0.39 is 11.7 Å². The van der Waals surface area contributed by atoms with E-state index in [9.17, 15) is 13.2 Å². The molecule has 2 aromatic rings. The van der Waals surface area contributed by atoms with Gasteiger partial charge in [-0.1, -0.05) is 0 Å². The molecule has 96 valence electrons. The fourth-order valence-corrected chi connectivity index (χ4v) is 1.47. The zero-order chi connectivity index (χ0) is 13.2. The van der Waals surface area contributed by atoms with Gasteiger partial charge in [0.25, 0.3) is 0 Å². The van der Waals surface area contributed by atoms with Crippen molar-refractivity contribution in [2.75, 3.05) is 11.1 Å². The minimum Gasteiger partial charge on any atom is -0.397 e. The molecule has 4 N–H and O–H groups in total. The summed E-state index contributed by atoms with van der Waals surface area (Å²) in [6.45, 7) is 0.412. The molecule has 18 heavy (non-hydrogen) atoms. The number of nitrogens with two attached hydrogens (primary N) is 1. The van der Waals surface area contributed by atoms with Crippen molar-refractivity contribution >= 4 is 11.4 Å². The molecule has 0 aliphatic heterocycles.